The van der Waals surface area contributed by atoms with Crippen molar-refractivity contribution in [1.29, 1.82) is 0 Å². The number of ether oxygens (including phenoxy) is 1. The van der Waals surface area contributed by atoms with Crippen molar-refractivity contribution in [2.24, 2.45) is 0 Å². The molecule has 0 aromatic carbocycles. The first-order valence-electron chi connectivity index (χ1n) is 3.84. The van der Waals surface area contributed by atoms with Crippen molar-refractivity contribution >= 4 is 34.6 Å². The van der Waals surface area contributed by atoms with E-state index in [0.29, 0.717) is 0 Å². The molecule has 0 amide bonds. The lowest BCUT2D eigenvalue weighted by atomic mass is 10.4. The molecule has 0 rings (SSSR count). The second-order valence-electron chi connectivity index (χ2n) is 2.48. The molecule has 76 valence electrons. The van der Waals surface area contributed by atoms with Crippen LogP contribution in [0.2, 0.25) is 0 Å². The molecular formula is C8H14O3S2. The number of thioether (sulfide) groups is 2. The largest absolute Gasteiger partial charge is 0.453 e. The molecule has 0 saturated heterocycles. The molecule has 0 aliphatic heterocycles. The molecule has 0 aromatic rings. The van der Waals surface area contributed by atoms with Crippen molar-refractivity contribution in [1.82, 2.24) is 0 Å². The summed E-state index contributed by atoms with van der Waals surface area (Å²) in [5.41, 5.74) is 0. The first-order valence-corrected chi connectivity index (χ1v) is 6.35. The van der Waals surface area contributed by atoms with Gasteiger partial charge in [-0.25, -0.2) is 0 Å². The van der Waals surface area contributed by atoms with E-state index in [9.17, 15) is 9.59 Å². The molecule has 2 unspecified atom stereocenters. The van der Waals surface area contributed by atoms with E-state index in [0.717, 1.165) is 11.8 Å². The minimum Gasteiger partial charge on any atom is -0.453 e. The van der Waals surface area contributed by atoms with E-state index in [-0.39, 0.29) is 16.3 Å². The van der Waals surface area contributed by atoms with Crippen LogP contribution in [0.25, 0.3) is 0 Å². The Hall–Kier alpha value is -0.160. The van der Waals surface area contributed by atoms with Crippen LogP contribution in [0.3, 0.4) is 0 Å². The second kappa shape index (κ2) is 6.32. The summed E-state index contributed by atoms with van der Waals surface area (Å²) in [6.45, 7) is 3.34. The van der Waals surface area contributed by atoms with Crippen LogP contribution in [0.1, 0.15) is 13.8 Å². The maximum atomic E-state index is 11.2. The van der Waals surface area contributed by atoms with Crippen LogP contribution in [-0.2, 0) is 14.3 Å². The molecule has 0 heterocycles. The van der Waals surface area contributed by atoms with Crippen molar-refractivity contribution in [3.05, 3.63) is 0 Å². The highest BCUT2D eigenvalue weighted by molar-refractivity contribution is 8.13. The Kier molecular flexibility index (Phi) is 6.24. The summed E-state index contributed by atoms with van der Waals surface area (Å²) in [7, 11) is 0. The SMILES string of the molecule is CSC(=O)C(C)OC(=O)C(C)SC. The van der Waals surface area contributed by atoms with Crippen LogP contribution < -0.4 is 0 Å². The third-order valence-corrected chi connectivity index (χ3v) is 3.15. The molecule has 0 saturated carbocycles. The zero-order valence-corrected chi connectivity index (χ0v) is 9.83. The highest BCUT2D eigenvalue weighted by Crippen LogP contribution is 2.11. The molecule has 0 aliphatic carbocycles. The van der Waals surface area contributed by atoms with Gasteiger partial charge >= 0.3 is 5.97 Å². The van der Waals surface area contributed by atoms with E-state index >= 15 is 0 Å². The van der Waals surface area contributed by atoms with Gasteiger partial charge in [0.15, 0.2) is 6.10 Å². The van der Waals surface area contributed by atoms with Gasteiger partial charge in [0.1, 0.15) is 0 Å². The van der Waals surface area contributed by atoms with Gasteiger partial charge in [-0.1, -0.05) is 11.8 Å². The minimum absolute atomic E-state index is 0.123. The standard InChI is InChI=1S/C8H14O3S2/c1-5(8(10)13-4)11-7(9)6(2)12-3/h5-6H,1-4H3. The normalized spacial score (nSPS) is 14.8. The van der Waals surface area contributed by atoms with Gasteiger partial charge < -0.3 is 4.74 Å². The zero-order valence-electron chi connectivity index (χ0n) is 8.20. The number of carbonyl (C=O) groups excluding carboxylic acids is 2. The summed E-state index contributed by atoms with van der Waals surface area (Å²) in [6, 6.07) is 0. The van der Waals surface area contributed by atoms with Gasteiger partial charge in [-0.3, -0.25) is 9.59 Å². The second-order valence-corrected chi connectivity index (χ2v) is 4.47. The van der Waals surface area contributed by atoms with E-state index in [4.69, 9.17) is 4.74 Å². The monoisotopic (exact) mass is 222 g/mol. The Bertz CT molecular complexity index is 194. The molecule has 0 spiro atoms. The quantitative estimate of drug-likeness (QED) is 0.675. The van der Waals surface area contributed by atoms with Crippen LogP contribution in [0, 0.1) is 0 Å². The summed E-state index contributed by atoms with van der Waals surface area (Å²) in [5.74, 6) is -0.331. The number of hydrogen-bond acceptors (Lipinski definition) is 5. The van der Waals surface area contributed by atoms with Crippen LogP contribution >= 0.6 is 23.5 Å². The van der Waals surface area contributed by atoms with Crippen molar-refractivity contribution in [3.63, 3.8) is 0 Å². The molecule has 2 atom stereocenters. The fraction of sp³-hybridized carbons (Fsp3) is 0.750. The first kappa shape index (κ1) is 12.8. The maximum absolute atomic E-state index is 11.2. The molecular weight excluding hydrogens is 208 g/mol. The lowest BCUT2D eigenvalue weighted by Crippen LogP contribution is -2.26. The molecule has 0 fully saturated rings. The summed E-state index contributed by atoms with van der Waals surface area (Å²) < 4.78 is 4.93. The summed E-state index contributed by atoms with van der Waals surface area (Å²) >= 11 is 2.47. The van der Waals surface area contributed by atoms with Crippen molar-refractivity contribution in [2.45, 2.75) is 25.2 Å². The predicted octanol–water partition coefficient (Wildman–Crippen LogP) is 1.56. The van der Waals surface area contributed by atoms with E-state index in [1.165, 1.54) is 11.8 Å². The Labute approximate surface area is 87.0 Å². The number of esters is 1. The Balaban J connectivity index is 3.98. The minimum atomic E-state index is -0.642. The average molecular weight is 222 g/mol. The van der Waals surface area contributed by atoms with Gasteiger partial charge in [0, 0.05) is 0 Å². The molecule has 0 aliphatic rings. The van der Waals surface area contributed by atoms with E-state index in [1.54, 1.807) is 20.1 Å². The lowest BCUT2D eigenvalue weighted by Gasteiger charge is -2.13. The van der Waals surface area contributed by atoms with E-state index in [2.05, 4.69) is 0 Å². The lowest BCUT2D eigenvalue weighted by molar-refractivity contribution is -0.150. The Morgan fingerprint density at radius 3 is 2.15 bits per heavy atom. The summed E-state index contributed by atoms with van der Waals surface area (Å²) in [6.07, 6.45) is 2.86. The fourth-order valence-corrected chi connectivity index (χ4v) is 1.21. The smallest absolute Gasteiger partial charge is 0.319 e. The zero-order chi connectivity index (χ0) is 10.4. The fourth-order valence-electron chi connectivity index (χ4n) is 0.580. The molecule has 3 nitrogen and oxygen atoms in total. The predicted molar refractivity (Wildman–Crippen MR) is 57.1 cm³/mol. The first-order chi connectivity index (χ1) is 6.02. The number of rotatable bonds is 4. The Morgan fingerprint density at radius 2 is 1.77 bits per heavy atom. The topological polar surface area (TPSA) is 43.4 Å². The van der Waals surface area contributed by atoms with Crippen LogP contribution in [0.15, 0.2) is 0 Å². The Morgan fingerprint density at radius 1 is 1.23 bits per heavy atom. The highest BCUT2D eigenvalue weighted by atomic mass is 32.2. The third kappa shape index (κ3) is 4.57. The summed E-state index contributed by atoms with van der Waals surface area (Å²) in [4.78, 5) is 22.2. The maximum Gasteiger partial charge on any atom is 0.319 e. The highest BCUT2D eigenvalue weighted by Gasteiger charge is 2.20. The molecule has 13 heavy (non-hydrogen) atoms. The van der Waals surface area contributed by atoms with Gasteiger partial charge in [-0.2, -0.15) is 11.8 Å². The summed E-state index contributed by atoms with van der Waals surface area (Å²) in [5, 5.41) is -0.334. The number of hydrogen-bond donors (Lipinski definition) is 0. The molecule has 0 aromatic heterocycles. The van der Waals surface area contributed by atoms with Gasteiger partial charge in [0.25, 0.3) is 0 Å². The average Bonchev–Trinajstić information content (AvgIpc) is 2.14. The molecule has 0 N–H and O–H groups in total. The number of carbonyl (C=O) groups is 2. The third-order valence-electron chi connectivity index (χ3n) is 1.51. The van der Waals surface area contributed by atoms with Crippen molar-refractivity contribution < 1.29 is 14.3 Å². The van der Waals surface area contributed by atoms with E-state index < -0.39 is 6.10 Å². The van der Waals surface area contributed by atoms with Crippen LogP contribution in [-0.4, -0.2) is 35.0 Å². The van der Waals surface area contributed by atoms with Crippen LogP contribution in [0.4, 0.5) is 0 Å². The van der Waals surface area contributed by atoms with Crippen molar-refractivity contribution in [2.75, 3.05) is 12.5 Å². The van der Waals surface area contributed by atoms with Crippen LogP contribution in [0.5, 0.6) is 0 Å². The van der Waals surface area contributed by atoms with E-state index in [1.807, 2.05) is 6.26 Å². The molecule has 5 heteroatoms. The molecule has 0 radical (unpaired) electrons. The van der Waals surface area contributed by atoms with Gasteiger partial charge in [0.2, 0.25) is 5.12 Å². The van der Waals surface area contributed by atoms with Gasteiger partial charge in [-0.05, 0) is 26.4 Å². The van der Waals surface area contributed by atoms with Gasteiger partial charge in [0.05, 0.1) is 5.25 Å². The van der Waals surface area contributed by atoms with Gasteiger partial charge in [-0.15, -0.1) is 0 Å². The van der Waals surface area contributed by atoms with Crippen molar-refractivity contribution in [3.8, 4) is 0 Å². The molecule has 0 bridgehead atoms.